The molecule has 36 heavy (non-hydrogen) atoms. The Bertz CT molecular complexity index is 1090. The summed E-state index contributed by atoms with van der Waals surface area (Å²) in [6, 6.07) is 18.0. The van der Waals surface area contributed by atoms with E-state index in [0.717, 1.165) is 50.0 Å². The maximum absolute atomic E-state index is 13.6. The second-order valence-electron chi connectivity index (χ2n) is 10.7. The van der Waals surface area contributed by atoms with Crippen LogP contribution in [0.25, 0.3) is 0 Å². The maximum atomic E-state index is 13.6. The molecular formula is C31H40N2O3. The van der Waals surface area contributed by atoms with E-state index < -0.39 is 11.9 Å². The van der Waals surface area contributed by atoms with E-state index in [-0.39, 0.29) is 28.4 Å². The van der Waals surface area contributed by atoms with Crippen LogP contribution in [0.1, 0.15) is 77.0 Å². The molecule has 1 fully saturated rings. The fourth-order valence-electron chi connectivity index (χ4n) is 6.09. The molecule has 0 spiro atoms. The van der Waals surface area contributed by atoms with Gasteiger partial charge >= 0.3 is 0 Å². The van der Waals surface area contributed by atoms with Crippen LogP contribution in [0.2, 0.25) is 0 Å². The molecule has 0 radical (unpaired) electrons. The molecule has 1 aliphatic carbocycles. The van der Waals surface area contributed by atoms with E-state index in [9.17, 15) is 14.7 Å². The van der Waals surface area contributed by atoms with Crippen molar-refractivity contribution < 1.29 is 14.7 Å². The van der Waals surface area contributed by atoms with E-state index >= 15 is 0 Å². The van der Waals surface area contributed by atoms with Gasteiger partial charge in [-0.15, -0.1) is 0 Å². The van der Waals surface area contributed by atoms with Crippen molar-refractivity contribution in [1.82, 2.24) is 4.90 Å². The molecule has 1 amide bonds. The third-order valence-electron chi connectivity index (χ3n) is 7.95. The summed E-state index contributed by atoms with van der Waals surface area (Å²) in [5, 5.41) is 11.0. The zero-order valence-electron chi connectivity index (χ0n) is 22.2. The second-order valence-corrected chi connectivity index (χ2v) is 10.7. The van der Waals surface area contributed by atoms with Gasteiger partial charge in [-0.3, -0.25) is 9.59 Å². The Morgan fingerprint density at radius 3 is 2.19 bits per heavy atom. The second kappa shape index (κ2) is 10.9. The van der Waals surface area contributed by atoms with Crippen LogP contribution in [0.15, 0.2) is 65.9 Å². The average molecular weight is 489 g/mol. The molecule has 2 aromatic rings. The number of aliphatic hydroxyl groups is 1. The minimum atomic E-state index is -0.573. The van der Waals surface area contributed by atoms with Gasteiger partial charge in [-0.2, -0.15) is 0 Å². The highest BCUT2D eigenvalue weighted by Crippen LogP contribution is 2.46. The van der Waals surface area contributed by atoms with Crippen LogP contribution in [0.5, 0.6) is 0 Å². The molecule has 4 rings (SSSR count). The highest BCUT2D eigenvalue weighted by atomic mass is 16.3. The highest BCUT2D eigenvalue weighted by Gasteiger charge is 2.48. The number of hydrogen-bond donors (Lipinski definition) is 1. The summed E-state index contributed by atoms with van der Waals surface area (Å²) in [5.41, 5.74) is 3.29. The summed E-state index contributed by atoms with van der Waals surface area (Å²) < 4.78 is 0. The number of anilines is 1. The fraction of sp³-hybridized carbons (Fsp3) is 0.484. The first-order chi connectivity index (χ1) is 17.3. The summed E-state index contributed by atoms with van der Waals surface area (Å²) in [6.07, 6.45) is 4.50. The normalized spacial score (nSPS) is 19.4. The lowest BCUT2D eigenvalue weighted by atomic mass is 9.78. The summed E-state index contributed by atoms with van der Waals surface area (Å²) in [4.78, 5) is 31.0. The molecule has 1 unspecified atom stereocenters. The Morgan fingerprint density at radius 2 is 1.64 bits per heavy atom. The number of rotatable bonds is 10. The van der Waals surface area contributed by atoms with E-state index in [4.69, 9.17) is 0 Å². The number of carbonyl (C=O) groups is 2. The van der Waals surface area contributed by atoms with E-state index in [1.165, 1.54) is 5.56 Å². The van der Waals surface area contributed by atoms with Crippen molar-refractivity contribution in [3.8, 4) is 0 Å². The van der Waals surface area contributed by atoms with Crippen molar-refractivity contribution in [1.29, 1.82) is 0 Å². The predicted molar refractivity (Wildman–Crippen MR) is 145 cm³/mol. The number of Topliss-reactive ketones (excluding diaryl/α,β-unsaturated/α-hetero) is 1. The molecule has 192 valence electrons. The Labute approximate surface area is 215 Å². The van der Waals surface area contributed by atoms with Gasteiger partial charge in [-0.1, -0.05) is 69.2 Å². The number of nitrogens with zero attached hydrogens (tertiary/aromatic N) is 2. The third kappa shape index (κ3) is 4.93. The van der Waals surface area contributed by atoms with Gasteiger partial charge in [0.25, 0.3) is 5.91 Å². The predicted octanol–water partition coefficient (Wildman–Crippen LogP) is 6.36. The van der Waals surface area contributed by atoms with Gasteiger partial charge in [0.05, 0.1) is 11.6 Å². The van der Waals surface area contributed by atoms with Crippen molar-refractivity contribution in [3.05, 3.63) is 77.1 Å². The van der Waals surface area contributed by atoms with Gasteiger partial charge in [-0.05, 0) is 55.9 Å². The van der Waals surface area contributed by atoms with Crippen molar-refractivity contribution >= 4 is 17.4 Å². The van der Waals surface area contributed by atoms with E-state index in [2.05, 4.69) is 55.1 Å². The third-order valence-corrected chi connectivity index (χ3v) is 7.95. The average Bonchev–Trinajstić information content (AvgIpc) is 3.45. The molecule has 5 heteroatoms. The van der Waals surface area contributed by atoms with E-state index in [0.29, 0.717) is 13.0 Å². The fourth-order valence-corrected chi connectivity index (χ4v) is 6.09. The monoisotopic (exact) mass is 488 g/mol. The van der Waals surface area contributed by atoms with Crippen molar-refractivity contribution in [2.45, 2.75) is 71.3 Å². The van der Waals surface area contributed by atoms with Gasteiger partial charge in [0, 0.05) is 37.2 Å². The molecule has 2 aromatic carbocycles. The highest BCUT2D eigenvalue weighted by molar-refractivity contribution is 6.09. The number of benzene rings is 2. The standard InChI is InChI=1S/C31H40N2O3/c1-5-32(6-2)25-16-14-23(15-17-25)28-27(26(34)20-22(3)4)29(35)30(36)33(28)21-31(18-10-11-19-31)24-12-8-7-9-13-24/h7-9,12-17,22,28,35H,5-6,10-11,18-21H2,1-4H3. The van der Waals surface area contributed by atoms with Crippen LogP contribution >= 0.6 is 0 Å². The SMILES string of the molecule is CCN(CC)c1ccc(C2C(C(=O)CC(C)C)=C(O)C(=O)N2CC2(c3ccccc3)CCCC2)cc1. The van der Waals surface area contributed by atoms with Crippen molar-refractivity contribution in [3.63, 3.8) is 0 Å². The molecule has 1 aliphatic heterocycles. The molecule has 1 atom stereocenters. The molecule has 1 N–H and O–H groups in total. The van der Waals surface area contributed by atoms with Crippen LogP contribution < -0.4 is 4.90 Å². The van der Waals surface area contributed by atoms with Crippen LogP contribution in [0.3, 0.4) is 0 Å². The van der Waals surface area contributed by atoms with Gasteiger partial charge in [-0.25, -0.2) is 0 Å². The first-order valence-electron chi connectivity index (χ1n) is 13.5. The molecule has 1 saturated carbocycles. The van der Waals surface area contributed by atoms with Crippen LogP contribution in [-0.4, -0.2) is 41.3 Å². The molecule has 0 saturated heterocycles. The van der Waals surface area contributed by atoms with Crippen LogP contribution in [-0.2, 0) is 15.0 Å². The van der Waals surface area contributed by atoms with Gasteiger partial charge in [0.2, 0.25) is 0 Å². The molecule has 0 bridgehead atoms. The van der Waals surface area contributed by atoms with E-state index in [1.54, 1.807) is 4.90 Å². The largest absolute Gasteiger partial charge is 0.503 e. The smallest absolute Gasteiger partial charge is 0.290 e. The maximum Gasteiger partial charge on any atom is 0.290 e. The summed E-state index contributed by atoms with van der Waals surface area (Å²) in [5.74, 6) is -0.809. The van der Waals surface area contributed by atoms with Crippen LogP contribution in [0.4, 0.5) is 5.69 Å². The Morgan fingerprint density at radius 1 is 1.03 bits per heavy atom. The number of aliphatic hydroxyl groups excluding tert-OH is 1. The molecule has 5 nitrogen and oxygen atoms in total. The summed E-state index contributed by atoms with van der Waals surface area (Å²) >= 11 is 0. The van der Waals surface area contributed by atoms with Gasteiger partial charge < -0.3 is 14.9 Å². The van der Waals surface area contributed by atoms with Crippen molar-refractivity contribution in [2.75, 3.05) is 24.5 Å². The van der Waals surface area contributed by atoms with Crippen molar-refractivity contribution in [2.24, 2.45) is 5.92 Å². The lowest BCUT2D eigenvalue weighted by Crippen LogP contribution is -2.42. The van der Waals surface area contributed by atoms with E-state index in [1.807, 2.05) is 32.0 Å². The Balaban J connectivity index is 1.76. The molecule has 1 heterocycles. The molecular weight excluding hydrogens is 448 g/mol. The zero-order chi connectivity index (χ0) is 25.9. The summed E-state index contributed by atoms with van der Waals surface area (Å²) in [6.45, 7) is 10.5. The number of hydrogen-bond acceptors (Lipinski definition) is 4. The zero-order valence-corrected chi connectivity index (χ0v) is 22.2. The van der Waals surface area contributed by atoms with Gasteiger partial charge in [0.15, 0.2) is 11.5 Å². The number of carbonyl (C=O) groups excluding carboxylic acids is 2. The summed E-state index contributed by atoms with van der Waals surface area (Å²) in [7, 11) is 0. The minimum absolute atomic E-state index is 0.137. The number of amides is 1. The molecule has 0 aromatic heterocycles. The Kier molecular flexibility index (Phi) is 7.87. The van der Waals surface area contributed by atoms with Crippen LogP contribution in [0, 0.1) is 5.92 Å². The lowest BCUT2D eigenvalue weighted by Gasteiger charge is -2.37. The first-order valence-corrected chi connectivity index (χ1v) is 13.5. The first kappa shape index (κ1) is 26.0. The Hall–Kier alpha value is -3.08. The van der Waals surface area contributed by atoms with Gasteiger partial charge in [0.1, 0.15) is 0 Å². The lowest BCUT2D eigenvalue weighted by molar-refractivity contribution is -0.130. The topological polar surface area (TPSA) is 60.9 Å². The molecule has 2 aliphatic rings. The quantitative estimate of drug-likeness (QED) is 0.423. The number of ketones is 1. The minimum Gasteiger partial charge on any atom is -0.503 e.